The predicted molar refractivity (Wildman–Crippen MR) is 71.2 cm³/mol. The summed E-state index contributed by atoms with van der Waals surface area (Å²) in [6.07, 6.45) is -0.585. The summed E-state index contributed by atoms with van der Waals surface area (Å²) in [5.74, 6) is -1.28. The van der Waals surface area contributed by atoms with Gasteiger partial charge in [0.25, 0.3) is 0 Å². The largest absolute Gasteiger partial charge is 0.444 e. The van der Waals surface area contributed by atoms with Crippen molar-refractivity contribution in [3.8, 4) is 0 Å². The standard InChI is InChI=1S/C12H22N4O4/c1-12(2,3)20-11(19)14-8(9(13)17)5-7-6-16(4)15-10(7)18/h7-8H,5-6H2,1-4H3,(H2,13,17)(H,14,19)(H,15,18)/t7?,8-/m0/s1. The average Bonchev–Trinajstić information content (AvgIpc) is 2.53. The molecule has 1 unspecified atom stereocenters. The van der Waals surface area contributed by atoms with Crippen molar-refractivity contribution in [1.29, 1.82) is 0 Å². The molecule has 0 spiro atoms. The Balaban J connectivity index is 2.59. The molecule has 1 aliphatic heterocycles. The fourth-order valence-corrected chi connectivity index (χ4v) is 1.90. The molecule has 20 heavy (non-hydrogen) atoms. The Bertz CT molecular complexity index is 405. The molecule has 1 heterocycles. The number of rotatable bonds is 4. The zero-order chi connectivity index (χ0) is 15.5. The minimum Gasteiger partial charge on any atom is -0.444 e. The summed E-state index contributed by atoms with van der Waals surface area (Å²) in [5.41, 5.74) is 7.18. The molecule has 0 aromatic heterocycles. The fourth-order valence-electron chi connectivity index (χ4n) is 1.90. The first-order valence-corrected chi connectivity index (χ1v) is 6.39. The first kappa shape index (κ1) is 16.2. The monoisotopic (exact) mass is 286 g/mol. The molecule has 0 aliphatic carbocycles. The van der Waals surface area contributed by atoms with Gasteiger partial charge in [0.1, 0.15) is 11.6 Å². The van der Waals surface area contributed by atoms with Crippen LogP contribution in [0.25, 0.3) is 0 Å². The molecule has 1 rings (SSSR count). The Morgan fingerprint density at radius 2 is 2.15 bits per heavy atom. The molecule has 114 valence electrons. The van der Waals surface area contributed by atoms with Gasteiger partial charge in [-0.2, -0.15) is 0 Å². The van der Waals surface area contributed by atoms with Crippen LogP contribution in [-0.4, -0.2) is 48.2 Å². The number of carbonyl (C=O) groups is 3. The van der Waals surface area contributed by atoms with E-state index in [2.05, 4.69) is 10.7 Å². The summed E-state index contributed by atoms with van der Waals surface area (Å²) in [4.78, 5) is 34.6. The first-order chi connectivity index (χ1) is 9.08. The van der Waals surface area contributed by atoms with E-state index in [0.29, 0.717) is 6.54 Å². The highest BCUT2D eigenvalue weighted by Gasteiger charge is 2.33. The van der Waals surface area contributed by atoms with E-state index in [-0.39, 0.29) is 12.3 Å². The minimum atomic E-state index is -0.938. The minimum absolute atomic E-state index is 0.144. The van der Waals surface area contributed by atoms with Gasteiger partial charge in [-0.1, -0.05) is 0 Å². The fraction of sp³-hybridized carbons (Fsp3) is 0.750. The van der Waals surface area contributed by atoms with Crippen LogP contribution in [0, 0.1) is 5.92 Å². The Hall–Kier alpha value is -1.83. The summed E-state index contributed by atoms with van der Waals surface area (Å²) in [5, 5.41) is 4.02. The van der Waals surface area contributed by atoms with Crippen LogP contribution in [0.15, 0.2) is 0 Å². The number of nitrogens with one attached hydrogen (secondary N) is 2. The van der Waals surface area contributed by atoms with Crippen molar-refractivity contribution < 1.29 is 19.1 Å². The Morgan fingerprint density at radius 3 is 2.55 bits per heavy atom. The maximum atomic E-state index is 11.6. The van der Waals surface area contributed by atoms with E-state index in [0.717, 1.165) is 0 Å². The number of hydrazine groups is 1. The number of alkyl carbamates (subject to hydrolysis) is 1. The molecule has 0 aromatic carbocycles. The molecular formula is C12H22N4O4. The van der Waals surface area contributed by atoms with Crippen LogP contribution in [0.1, 0.15) is 27.2 Å². The van der Waals surface area contributed by atoms with Crippen molar-refractivity contribution in [3.05, 3.63) is 0 Å². The molecule has 0 saturated carbocycles. The first-order valence-electron chi connectivity index (χ1n) is 6.39. The highest BCUT2D eigenvalue weighted by molar-refractivity contribution is 5.86. The van der Waals surface area contributed by atoms with Gasteiger partial charge in [0.2, 0.25) is 11.8 Å². The molecule has 1 saturated heterocycles. The van der Waals surface area contributed by atoms with Crippen molar-refractivity contribution in [1.82, 2.24) is 15.8 Å². The Morgan fingerprint density at radius 1 is 1.55 bits per heavy atom. The topological polar surface area (TPSA) is 114 Å². The second kappa shape index (κ2) is 6.08. The van der Waals surface area contributed by atoms with Crippen molar-refractivity contribution >= 4 is 17.9 Å². The van der Waals surface area contributed by atoms with E-state index in [4.69, 9.17) is 10.5 Å². The molecule has 8 heteroatoms. The van der Waals surface area contributed by atoms with Gasteiger partial charge in [0, 0.05) is 13.6 Å². The van der Waals surface area contributed by atoms with Gasteiger partial charge < -0.3 is 15.8 Å². The molecule has 8 nitrogen and oxygen atoms in total. The van der Waals surface area contributed by atoms with Gasteiger partial charge in [-0.25, -0.2) is 9.80 Å². The van der Waals surface area contributed by atoms with E-state index in [9.17, 15) is 14.4 Å². The van der Waals surface area contributed by atoms with Gasteiger partial charge in [0.05, 0.1) is 5.92 Å². The number of ether oxygens (including phenoxy) is 1. The van der Waals surface area contributed by atoms with Crippen LogP contribution in [0.3, 0.4) is 0 Å². The van der Waals surface area contributed by atoms with Crippen LogP contribution in [0.4, 0.5) is 4.79 Å². The smallest absolute Gasteiger partial charge is 0.408 e. The predicted octanol–water partition coefficient (Wildman–Crippen LogP) is -0.652. The molecule has 0 aromatic rings. The van der Waals surface area contributed by atoms with Crippen molar-refractivity contribution in [2.45, 2.75) is 38.8 Å². The third kappa shape index (κ3) is 5.04. The zero-order valence-electron chi connectivity index (χ0n) is 12.2. The summed E-state index contributed by atoms with van der Waals surface area (Å²) in [6.45, 7) is 5.60. The molecule has 2 atom stereocenters. The zero-order valence-corrected chi connectivity index (χ0v) is 12.2. The van der Waals surface area contributed by atoms with Crippen LogP contribution < -0.4 is 16.5 Å². The quantitative estimate of drug-likeness (QED) is 0.635. The number of nitrogens with zero attached hydrogens (tertiary/aromatic N) is 1. The lowest BCUT2D eigenvalue weighted by atomic mass is 10.00. The summed E-state index contributed by atoms with van der Waals surface area (Å²) < 4.78 is 5.06. The SMILES string of the molecule is CN1CC(C[C@H](NC(=O)OC(C)(C)C)C(N)=O)C(=O)N1. The number of amides is 3. The Labute approximate surface area is 118 Å². The normalized spacial score (nSPS) is 21.2. The van der Waals surface area contributed by atoms with Crippen molar-refractivity contribution in [3.63, 3.8) is 0 Å². The van der Waals surface area contributed by atoms with Crippen molar-refractivity contribution in [2.24, 2.45) is 11.7 Å². The van der Waals surface area contributed by atoms with E-state index in [1.54, 1.807) is 32.8 Å². The second-order valence-electron chi connectivity index (χ2n) is 5.89. The number of hydrogen-bond donors (Lipinski definition) is 3. The molecule has 0 radical (unpaired) electrons. The van der Waals surface area contributed by atoms with Crippen LogP contribution in [0.2, 0.25) is 0 Å². The maximum absolute atomic E-state index is 11.6. The van der Waals surface area contributed by atoms with Crippen LogP contribution in [-0.2, 0) is 14.3 Å². The third-order valence-electron chi connectivity index (χ3n) is 2.72. The third-order valence-corrected chi connectivity index (χ3v) is 2.72. The van der Waals surface area contributed by atoms with E-state index < -0.39 is 29.6 Å². The molecule has 1 fully saturated rings. The molecule has 4 N–H and O–H groups in total. The highest BCUT2D eigenvalue weighted by atomic mass is 16.6. The second-order valence-corrected chi connectivity index (χ2v) is 5.89. The number of hydrogen-bond acceptors (Lipinski definition) is 5. The summed E-state index contributed by atoms with van der Waals surface area (Å²) in [7, 11) is 1.72. The molecule has 1 aliphatic rings. The van der Waals surface area contributed by atoms with Crippen molar-refractivity contribution in [2.75, 3.05) is 13.6 Å². The van der Waals surface area contributed by atoms with E-state index >= 15 is 0 Å². The number of nitrogens with two attached hydrogens (primary N) is 1. The molecule has 3 amide bonds. The van der Waals surface area contributed by atoms with Gasteiger partial charge in [-0.05, 0) is 27.2 Å². The van der Waals surface area contributed by atoms with Gasteiger partial charge in [-0.15, -0.1) is 0 Å². The average molecular weight is 286 g/mol. The Kier molecular flexibility index (Phi) is 4.93. The summed E-state index contributed by atoms with van der Waals surface area (Å²) in [6, 6.07) is -0.938. The van der Waals surface area contributed by atoms with Gasteiger partial charge in [0.15, 0.2) is 0 Å². The highest BCUT2D eigenvalue weighted by Crippen LogP contribution is 2.14. The number of primary amides is 1. The lowest BCUT2D eigenvalue weighted by Gasteiger charge is -2.23. The summed E-state index contributed by atoms with van der Waals surface area (Å²) >= 11 is 0. The van der Waals surface area contributed by atoms with E-state index in [1.807, 2.05) is 0 Å². The maximum Gasteiger partial charge on any atom is 0.408 e. The van der Waals surface area contributed by atoms with E-state index in [1.165, 1.54) is 0 Å². The molecular weight excluding hydrogens is 264 g/mol. The lowest BCUT2D eigenvalue weighted by Crippen LogP contribution is -2.48. The van der Waals surface area contributed by atoms with Crippen LogP contribution in [0.5, 0.6) is 0 Å². The number of carbonyl (C=O) groups excluding carboxylic acids is 3. The lowest BCUT2D eigenvalue weighted by molar-refractivity contribution is -0.124. The van der Waals surface area contributed by atoms with Gasteiger partial charge in [-0.3, -0.25) is 15.0 Å². The van der Waals surface area contributed by atoms with Crippen LogP contribution >= 0.6 is 0 Å². The molecule has 0 bridgehead atoms. The van der Waals surface area contributed by atoms with Gasteiger partial charge >= 0.3 is 6.09 Å².